The van der Waals surface area contributed by atoms with Gasteiger partial charge in [-0.15, -0.1) is 0 Å². The van der Waals surface area contributed by atoms with Gasteiger partial charge in [-0.05, 0) is 29.8 Å². The summed E-state index contributed by atoms with van der Waals surface area (Å²) in [5.74, 6) is 2.88. The molecule has 0 saturated carbocycles. The number of H-pyrrole nitrogens is 1. The molecule has 156 valence electrons. The van der Waals surface area contributed by atoms with Crippen molar-refractivity contribution in [1.82, 2.24) is 30.0 Å². The van der Waals surface area contributed by atoms with Crippen LogP contribution in [0, 0.1) is 20.8 Å². The Bertz CT molecular complexity index is 1200. The van der Waals surface area contributed by atoms with Gasteiger partial charge in [0.05, 0.1) is 15.9 Å². The van der Waals surface area contributed by atoms with E-state index >= 15 is 0 Å². The molecule has 9 nitrogen and oxygen atoms in total. The summed E-state index contributed by atoms with van der Waals surface area (Å²) in [5.41, 5.74) is 4.35. The minimum absolute atomic E-state index is 0.621. The number of anilines is 1. The minimum atomic E-state index is 0.621. The number of nitrogens with one attached hydrogen (secondary N) is 1. The molecule has 1 N–H and O–H groups in total. The molecule has 1 fully saturated rings. The van der Waals surface area contributed by atoms with Crippen LogP contribution in [-0.4, -0.2) is 56.2 Å². The second-order valence-electron chi connectivity index (χ2n) is 7.57. The first kappa shape index (κ1) is 19.3. The Labute approximate surface area is 181 Å². The summed E-state index contributed by atoms with van der Waals surface area (Å²) in [6.45, 7) is 10.1. The third-order valence-electron chi connectivity index (χ3n) is 5.33. The maximum absolute atomic E-state index is 5.57. The molecule has 0 aromatic carbocycles. The van der Waals surface area contributed by atoms with Crippen molar-refractivity contribution >= 4 is 32.8 Å². The van der Waals surface area contributed by atoms with Crippen molar-refractivity contribution in [2.24, 2.45) is 0 Å². The summed E-state index contributed by atoms with van der Waals surface area (Å²) in [4.78, 5) is 21.8. The van der Waals surface area contributed by atoms with Crippen LogP contribution >= 0.6 is 15.9 Å². The summed E-state index contributed by atoms with van der Waals surface area (Å²) >= 11 is 3.69. The summed E-state index contributed by atoms with van der Waals surface area (Å²) in [6.07, 6.45) is 1.81. The van der Waals surface area contributed by atoms with Gasteiger partial charge in [0.15, 0.2) is 17.4 Å². The molecule has 1 saturated heterocycles. The number of rotatable bonds is 4. The van der Waals surface area contributed by atoms with Crippen LogP contribution in [0.3, 0.4) is 0 Å². The average molecular weight is 472 g/mol. The molecule has 4 aromatic heterocycles. The van der Waals surface area contributed by atoms with Gasteiger partial charge in [-0.2, -0.15) is 0 Å². The van der Waals surface area contributed by atoms with Crippen molar-refractivity contribution in [3.63, 3.8) is 0 Å². The van der Waals surface area contributed by atoms with Gasteiger partial charge < -0.3 is 18.8 Å². The van der Waals surface area contributed by atoms with Gasteiger partial charge in [-0.1, -0.05) is 5.16 Å². The van der Waals surface area contributed by atoms with Crippen LogP contribution in [0.1, 0.15) is 23.1 Å². The zero-order valence-corrected chi connectivity index (χ0v) is 18.7. The summed E-state index contributed by atoms with van der Waals surface area (Å²) < 4.78 is 11.7. The van der Waals surface area contributed by atoms with E-state index in [-0.39, 0.29) is 0 Å². The number of oxazole rings is 1. The molecule has 0 bridgehead atoms. The molecule has 0 radical (unpaired) electrons. The molecule has 0 aliphatic carbocycles. The van der Waals surface area contributed by atoms with Crippen LogP contribution in [0.5, 0.6) is 0 Å². The van der Waals surface area contributed by atoms with Gasteiger partial charge in [0, 0.05) is 51.9 Å². The first-order chi connectivity index (χ1) is 14.5. The standard InChI is InChI=1S/C20H22BrN7O2/c1-11-8-14(26-30-11)10-27-4-6-28(7-5-27)18-15(21)9-22-19-17(18)24-20(25-19)16-12(2)29-13(3)23-16/h8-9H,4-7,10H2,1-3H3,(H,22,24,25). The highest BCUT2D eigenvalue weighted by atomic mass is 79.9. The lowest BCUT2D eigenvalue weighted by molar-refractivity contribution is 0.242. The van der Waals surface area contributed by atoms with Crippen molar-refractivity contribution in [2.75, 3.05) is 31.1 Å². The van der Waals surface area contributed by atoms with Crippen molar-refractivity contribution in [3.8, 4) is 11.5 Å². The summed E-state index contributed by atoms with van der Waals surface area (Å²) in [7, 11) is 0. The summed E-state index contributed by atoms with van der Waals surface area (Å²) in [6, 6.07) is 2.00. The quantitative estimate of drug-likeness (QED) is 0.481. The monoisotopic (exact) mass is 471 g/mol. The maximum Gasteiger partial charge on any atom is 0.191 e. The molecule has 1 aliphatic heterocycles. The average Bonchev–Trinajstić information content (AvgIpc) is 3.41. The molecule has 1 aliphatic rings. The van der Waals surface area contributed by atoms with Gasteiger partial charge >= 0.3 is 0 Å². The van der Waals surface area contributed by atoms with E-state index in [0.29, 0.717) is 17.4 Å². The number of halogens is 1. The third-order valence-corrected chi connectivity index (χ3v) is 5.91. The SMILES string of the molecule is Cc1cc(CN2CCN(c3c(Br)cnc4nc(-c5nc(C)oc5C)[nH]c34)CC2)no1. The Morgan fingerprint density at radius 3 is 2.60 bits per heavy atom. The molecular formula is C20H22BrN7O2. The lowest BCUT2D eigenvalue weighted by Crippen LogP contribution is -2.46. The van der Waals surface area contributed by atoms with E-state index in [1.54, 1.807) is 0 Å². The molecule has 0 unspecified atom stereocenters. The Balaban J connectivity index is 1.40. The second kappa shape index (κ2) is 7.51. The van der Waals surface area contributed by atoms with E-state index in [1.165, 1.54) is 0 Å². The molecule has 10 heteroatoms. The molecule has 4 aromatic rings. The van der Waals surface area contributed by atoms with Gasteiger partial charge in [-0.25, -0.2) is 15.0 Å². The lowest BCUT2D eigenvalue weighted by atomic mass is 10.2. The van der Waals surface area contributed by atoms with E-state index in [0.717, 1.165) is 71.3 Å². The van der Waals surface area contributed by atoms with Crippen molar-refractivity contribution < 1.29 is 8.94 Å². The zero-order valence-electron chi connectivity index (χ0n) is 17.1. The Hall–Kier alpha value is -2.72. The number of imidazole rings is 1. The molecular weight excluding hydrogens is 450 g/mol. The highest BCUT2D eigenvalue weighted by Crippen LogP contribution is 2.34. The largest absolute Gasteiger partial charge is 0.446 e. The highest BCUT2D eigenvalue weighted by Gasteiger charge is 2.24. The van der Waals surface area contributed by atoms with Gasteiger partial charge in [-0.3, -0.25) is 4.90 Å². The smallest absolute Gasteiger partial charge is 0.191 e. The van der Waals surface area contributed by atoms with E-state index < -0.39 is 0 Å². The second-order valence-corrected chi connectivity index (χ2v) is 8.42. The Morgan fingerprint density at radius 1 is 1.13 bits per heavy atom. The van der Waals surface area contributed by atoms with Gasteiger partial charge in [0.2, 0.25) is 0 Å². The molecule has 5 rings (SSSR count). The first-order valence-electron chi connectivity index (χ1n) is 9.86. The number of aromatic amines is 1. The maximum atomic E-state index is 5.57. The van der Waals surface area contributed by atoms with Crippen molar-refractivity contribution in [3.05, 3.63) is 39.8 Å². The molecule has 0 atom stereocenters. The number of nitrogens with zero attached hydrogens (tertiary/aromatic N) is 6. The van der Waals surface area contributed by atoms with Crippen LogP contribution in [0.4, 0.5) is 5.69 Å². The fourth-order valence-electron chi connectivity index (χ4n) is 3.94. The summed E-state index contributed by atoms with van der Waals surface area (Å²) in [5, 5.41) is 4.11. The normalized spacial score (nSPS) is 15.4. The fraction of sp³-hybridized carbons (Fsp3) is 0.400. The molecule has 0 spiro atoms. The zero-order chi connectivity index (χ0) is 20.8. The molecule has 5 heterocycles. The predicted octanol–water partition coefficient (Wildman–Crippen LogP) is 3.61. The van der Waals surface area contributed by atoms with E-state index in [1.807, 2.05) is 33.0 Å². The molecule has 0 amide bonds. The highest BCUT2D eigenvalue weighted by molar-refractivity contribution is 9.10. The number of hydrogen-bond acceptors (Lipinski definition) is 8. The number of hydrogen-bond donors (Lipinski definition) is 1. The van der Waals surface area contributed by atoms with Crippen LogP contribution in [0.15, 0.2) is 25.7 Å². The van der Waals surface area contributed by atoms with E-state index in [9.17, 15) is 0 Å². The predicted molar refractivity (Wildman–Crippen MR) is 115 cm³/mol. The lowest BCUT2D eigenvalue weighted by Gasteiger charge is -2.36. The van der Waals surface area contributed by atoms with E-state index in [4.69, 9.17) is 8.94 Å². The van der Waals surface area contributed by atoms with Crippen LogP contribution < -0.4 is 4.90 Å². The van der Waals surface area contributed by atoms with Crippen LogP contribution in [0.2, 0.25) is 0 Å². The Morgan fingerprint density at radius 2 is 1.93 bits per heavy atom. The number of aromatic nitrogens is 5. The fourth-order valence-corrected chi connectivity index (χ4v) is 4.49. The van der Waals surface area contributed by atoms with E-state index in [2.05, 4.69) is 50.8 Å². The topological polar surface area (TPSA) is 100 Å². The Kier molecular flexibility index (Phi) is 4.82. The van der Waals surface area contributed by atoms with Crippen molar-refractivity contribution in [2.45, 2.75) is 27.3 Å². The van der Waals surface area contributed by atoms with Gasteiger partial charge in [0.25, 0.3) is 0 Å². The molecule has 30 heavy (non-hydrogen) atoms. The minimum Gasteiger partial charge on any atom is -0.446 e. The van der Waals surface area contributed by atoms with Gasteiger partial charge in [0.1, 0.15) is 22.7 Å². The number of piperazine rings is 1. The van der Waals surface area contributed by atoms with Crippen LogP contribution in [0.25, 0.3) is 22.7 Å². The van der Waals surface area contributed by atoms with Crippen LogP contribution in [-0.2, 0) is 6.54 Å². The number of fused-ring (bicyclic) bond motifs is 1. The first-order valence-corrected chi connectivity index (χ1v) is 10.7. The number of pyridine rings is 1. The number of aryl methyl sites for hydroxylation is 3. The third kappa shape index (κ3) is 3.50. The van der Waals surface area contributed by atoms with Crippen molar-refractivity contribution in [1.29, 1.82) is 0 Å².